The van der Waals surface area contributed by atoms with Gasteiger partial charge in [-0.3, -0.25) is 19.3 Å². The first-order valence-corrected chi connectivity index (χ1v) is 6.35. The predicted molar refractivity (Wildman–Crippen MR) is 74.3 cm³/mol. The van der Waals surface area contributed by atoms with Crippen LogP contribution in [0, 0.1) is 5.92 Å². The first kappa shape index (κ1) is 14.2. The number of amides is 3. The van der Waals surface area contributed by atoms with Crippen molar-refractivity contribution >= 4 is 23.4 Å². The fourth-order valence-corrected chi connectivity index (χ4v) is 1.93. The van der Waals surface area contributed by atoms with Crippen molar-refractivity contribution in [3.05, 3.63) is 29.3 Å². The number of rotatable bonds is 3. The SMILES string of the molecule is CC(N)C(C)C(=O)Nc1ccc2c(c1)C(=O)N(C)C2=O. The molecule has 0 fully saturated rings. The number of nitrogens with zero attached hydrogens (tertiary/aromatic N) is 1. The summed E-state index contributed by atoms with van der Waals surface area (Å²) in [5.41, 5.74) is 6.82. The summed E-state index contributed by atoms with van der Waals surface area (Å²) in [6, 6.07) is 4.41. The molecule has 0 aromatic heterocycles. The molecule has 2 rings (SSSR count). The van der Waals surface area contributed by atoms with Gasteiger partial charge >= 0.3 is 0 Å². The van der Waals surface area contributed by atoms with Gasteiger partial charge in [0.15, 0.2) is 0 Å². The minimum atomic E-state index is -0.360. The van der Waals surface area contributed by atoms with Gasteiger partial charge in [0.2, 0.25) is 5.91 Å². The van der Waals surface area contributed by atoms with E-state index < -0.39 is 0 Å². The number of benzene rings is 1. The topological polar surface area (TPSA) is 92.5 Å². The van der Waals surface area contributed by atoms with Crippen LogP contribution in [0.5, 0.6) is 0 Å². The Morgan fingerprint density at radius 2 is 1.80 bits per heavy atom. The van der Waals surface area contributed by atoms with Crippen LogP contribution >= 0.6 is 0 Å². The van der Waals surface area contributed by atoms with Crippen molar-refractivity contribution in [1.29, 1.82) is 0 Å². The van der Waals surface area contributed by atoms with Gasteiger partial charge in [-0.25, -0.2) is 0 Å². The van der Waals surface area contributed by atoms with E-state index in [-0.39, 0.29) is 29.7 Å². The zero-order valence-corrected chi connectivity index (χ0v) is 11.6. The molecular formula is C14H17N3O3. The molecule has 1 aromatic rings. The van der Waals surface area contributed by atoms with Crippen LogP contribution in [0.1, 0.15) is 34.6 Å². The second-order valence-corrected chi connectivity index (χ2v) is 5.07. The van der Waals surface area contributed by atoms with E-state index in [1.54, 1.807) is 26.0 Å². The number of carbonyl (C=O) groups is 3. The summed E-state index contributed by atoms with van der Waals surface area (Å²) in [5.74, 6) is -1.25. The van der Waals surface area contributed by atoms with Crippen molar-refractivity contribution in [1.82, 2.24) is 4.90 Å². The van der Waals surface area contributed by atoms with Gasteiger partial charge in [-0.15, -0.1) is 0 Å². The Balaban J connectivity index is 2.24. The van der Waals surface area contributed by atoms with Crippen molar-refractivity contribution in [2.45, 2.75) is 19.9 Å². The average molecular weight is 275 g/mol. The van der Waals surface area contributed by atoms with Crippen molar-refractivity contribution in [3.63, 3.8) is 0 Å². The number of imide groups is 1. The standard InChI is InChI=1S/C14H17N3O3/c1-7(8(2)15)12(18)16-9-4-5-10-11(6-9)14(20)17(3)13(10)19/h4-8H,15H2,1-3H3,(H,16,18). The number of carbonyl (C=O) groups excluding carboxylic acids is 3. The summed E-state index contributed by atoms with van der Waals surface area (Å²) in [4.78, 5) is 36.6. The van der Waals surface area contributed by atoms with Crippen LogP contribution in [0.2, 0.25) is 0 Å². The summed E-state index contributed by atoms with van der Waals surface area (Å²) < 4.78 is 0. The lowest BCUT2D eigenvalue weighted by Crippen LogP contribution is -2.34. The van der Waals surface area contributed by atoms with Crippen molar-refractivity contribution in [2.75, 3.05) is 12.4 Å². The third kappa shape index (κ3) is 2.30. The highest BCUT2D eigenvalue weighted by Crippen LogP contribution is 2.25. The first-order chi connectivity index (χ1) is 9.32. The number of hydrogen-bond acceptors (Lipinski definition) is 4. The lowest BCUT2D eigenvalue weighted by atomic mass is 10.0. The molecule has 1 aliphatic rings. The van der Waals surface area contributed by atoms with E-state index in [4.69, 9.17) is 5.73 Å². The second kappa shape index (κ2) is 5.05. The molecule has 0 radical (unpaired) electrons. The molecule has 2 unspecified atom stereocenters. The smallest absolute Gasteiger partial charge is 0.261 e. The number of hydrogen-bond donors (Lipinski definition) is 2. The summed E-state index contributed by atoms with van der Waals surface area (Å²) in [5, 5.41) is 2.70. The molecule has 1 heterocycles. The number of nitrogens with one attached hydrogen (secondary N) is 1. The Hall–Kier alpha value is -2.21. The lowest BCUT2D eigenvalue weighted by molar-refractivity contribution is -0.119. The molecule has 0 spiro atoms. The highest BCUT2D eigenvalue weighted by Gasteiger charge is 2.32. The Morgan fingerprint density at radius 1 is 1.20 bits per heavy atom. The Labute approximate surface area is 116 Å². The highest BCUT2D eigenvalue weighted by molar-refractivity contribution is 6.21. The monoisotopic (exact) mass is 275 g/mol. The van der Waals surface area contributed by atoms with Crippen molar-refractivity contribution in [2.24, 2.45) is 11.7 Å². The molecule has 1 aliphatic heterocycles. The van der Waals surface area contributed by atoms with Crippen LogP contribution in [0.15, 0.2) is 18.2 Å². The molecule has 20 heavy (non-hydrogen) atoms. The molecule has 6 nitrogen and oxygen atoms in total. The van der Waals surface area contributed by atoms with E-state index >= 15 is 0 Å². The molecule has 2 atom stereocenters. The molecule has 3 N–H and O–H groups in total. The van der Waals surface area contributed by atoms with Gasteiger partial charge in [0.1, 0.15) is 0 Å². The van der Waals surface area contributed by atoms with Crippen LogP contribution in [-0.2, 0) is 4.79 Å². The van der Waals surface area contributed by atoms with Crippen LogP contribution in [0.4, 0.5) is 5.69 Å². The zero-order valence-electron chi connectivity index (χ0n) is 11.6. The maximum atomic E-state index is 11.9. The van der Waals surface area contributed by atoms with Crippen LogP contribution in [0.3, 0.4) is 0 Å². The van der Waals surface area contributed by atoms with E-state index in [1.807, 2.05) is 0 Å². The quantitative estimate of drug-likeness (QED) is 0.799. The van der Waals surface area contributed by atoms with Gasteiger partial charge < -0.3 is 11.1 Å². The van der Waals surface area contributed by atoms with E-state index in [2.05, 4.69) is 5.32 Å². The summed E-state index contributed by atoms with van der Waals surface area (Å²) in [6.45, 7) is 3.49. The molecule has 3 amide bonds. The van der Waals surface area contributed by atoms with Crippen LogP contribution in [-0.4, -0.2) is 35.7 Å². The van der Waals surface area contributed by atoms with Gasteiger partial charge in [0.25, 0.3) is 11.8 Å². The van der Waals surface area contributed by atoms with Crippen molar-refractivity contribution in [3.8, 4) is 0 Å². The Morgan fingerprint density at radius 3 is 2.40 bits per heavy atom. The third-order valence-corrected chi connectivity index (χ3v) is 3.56. The normalized spacial score (nSPS) is 16.9. The lowest BCUT2D eigenvalue weighted by Gasteiger charge is -2.15. The number of nitrogens with two attached hydrogens (primary N) is 1. The zero-order chi connectivity index (χ0) is 15.0. The maximum absolute atomic E-state index is 11.9. The fraction of sp³-hybridized carbons (Fsp3) is 0.357. The predicted octanol–water partition coefficient (Wildman–Crippen LogP) is 0.834. The highest BCUT2D eigenvalue weighted by atomic mass is 16.2. The third-order valence-electron chi connectivity index (χ3n) is 3.56. The van der Waals surface area contributed by atoms with Crippen molar-refractivity contribution < 1.29 is 14.4 Å². The maximum Gasteiger partial charge on any atom is 0.261 e. The van der Waals surface area contributed by atoms with Gasteiger partial charge in [0.05, 0.1) is 17.0 Å². The first-order valence-electron chi connectivity index (χ1n) is 6.35. The molecule has 0 aliphatic carbocycles. The van der Waals surface area contributed by atoms with Gasteiger partial charge in [-0.1, -0.05) is 6.92 Å². The average Bonchev–Trinajstić information content (AvgIpc) is 2.62. The molecule has 0 saturated carbocycles. The van der Waals surface area contributed by atoms with E-state index in [0.717, 1.165) is 4.90 Å². The van der Waals surface area contributed by atoms with Crippen LogP contribution in [0.25, 0.3) is 0 Å². The van der Waals surface area contributed by atoms with Crippen LogP contribution < -0.4 is 11.1 Å². The Kier molecular flexibility index (Phi) is 3.59. The molecule has 6 heteroatoms. The van der Waals surface area contributed by atoms with Gasteiger partial charge in [0, 0.05) is 18.8 Å². The minimum absolute atomic E-state index is 0.218. The molecule has 0 saturated heterocycles. The van der Waals surface area contributed by atoms with E-state index in [0.29, 0.717) is 16.8 Å². The van der Waals surface area contributed by atoms with E-state index in [9.17, 15) is 14.4 Å². The van der Waals surface area contributed by atoms with Gasteiger partial charge in [-0.2, -0.15) is 0 Å². The Bertz CT molecular complexity index is 595. The fourth-order valence-electron chi connectivity index (χ4n) is 1.93. The second-order valence-electron chi connectivity index (χ2n) is 5.07. The number of anilines is 1. The molecule has 106 valence electrons. The summed E-state index contributed by atoms with van der Waals surface area (Å²) >= 11 is 0. The molecular weight excluding hydrogens is 258 g/mol. The summed E-state index contributed by atoms with van der Waals surface area (Å²) in [7, 11) is 1.43. The molecule has 1 aromatic carbocycles. The largest absolute Gasteiger partial charge is 0.327 e. The van der Waals surface area contributed by atoms with Gasteiger partial charge in [-0.05, 0) is 25.1 Å². The van der Waals surface area contributed by atoms with E-state index in [1.165, 1.54) is 13.1 Å². The molecule has 0 bridgehead atoms. The number of fused-ring (bicyclic) bond motifs is 1. The minimum Gasteiger partial charge on any atom is -0.327 e. The summed E-state index contributed by atoms with van der Waals surface area (Å²) in [6.07, 6.45) is 0.